The lowest BCUT2D eigenvalue weighted by atomic mass is 10.1. The number of benzene rings is 1. The van der Waals surface area contributed by atoms with Crippen LogP contribution in [-0.4, -0.2) is 41.2 Å². The van der Waals surface area contributed by atoms with E-state index >= 15 is 0 Å². The van der Waals surface area contributed by atoms with Gasteiger partial charge in [0.15, 0.2) is 6.10 Å². The molecule has 2 aromatic rings. The predicted molar refractivity (Wildman–Crippen MR) is 81.0 cm³/mol. The highest BCUT2D eigenvalue weighted by Gasteiger charge is 2.27. The Morgan fingerprint density at radius 3 is 2.71 bits per heavy atom. The first-order valence-electron chi connectivity index (χ1n) is 6.72. The van der Waals surface area contributed by atoms with Crippen LogP contribution in [-0.2, 0) is 9.53 Å². The summed E-state index contributed by atoms with van der Waals surface area (Å²) in [6.07, 6.45) is -1.42. The van der Waals surface area contributed by atoms with Crippen LogP contribution in [0.4, 0.5) is 0 Å². The first-order valence-corrected chi connectivity index (χ1v) is 7.10. The number of hydrogen-bond acceptors (Lipinski definition) is 5. The molecule has 0 aliphatic carbocycles. The van der Waals surface area contributed by atoms with Crippen LogP contribution in [0.1, 0.15) is 25.6 Å². The van der Waals surface area contributed by atoms with Gasteiger partial charge >= 0.3 is 5.97 Å². The minimum Gasteiger partial charge on any atom is -0.467 e. The molecule has 2 rings (SSSR count). The van der Waals surface area contributed by atoms with Crippen molar-refractivity contribution in [3.8, 4) is 0 Å². The summed E-state index contributed by atoms with van der Waals surface area (Å²) in [4.78, 5) is 13.3. The third-order valence-electron chi connectivity index (χ3n) is 3.33. The van der Waals surface area contributed by atoms with Gasteiger partial charge in [0.05, 0.1) is 12.6 Å². The molecule has 21 heavy (non-hydrogen) atoms. The summed E-state index contributed by atoms with van der Waals surface area (Å²) in [5.74, 6) is -0.731. The number of nitrogens with zero attached hydrogens (tertiary/aromatic N) is 3. The summed E-state index contributed by atoms with van der Waals surface area (Å²) in [5.41, 5.74) is 1.02. The Hall–Kier alpha value is -1.79. The van der Waals surface area contributed by atoms with Gasteiger partial charge in [-0.1, -0.05) is 11.6 Å². The number of aliphatic hydroxyl groups is 1. The molecule has 0 saturated carbocycles. The summed E-state index contributed by atoms with van der Waals surface area (Å²) in [6, 6.07) is 5.16. The van der Waals surface area contributed by atoms with Gasteiger partial charge < -0.3 is 9.84 Å². The number of fused-ring (bicyclic) bond motifs is 1. The molecular weight excluding hydrogens is 294 g/mol. The Morgan fingerprint density at radius 2 is 2.14 bits per heavy atom. The van der Waals surface area contributed by atoms with Gasteiger partial charge in [-0.25, -0.2) is 4.79 Å². The van der Waals surface area contributed by atoms with E-state index in [2.05, 4.69) is 9.84 Å². The van der Waals surface area contributed by atoms with E-state index in [1.54, 1.807) is 23.0 Å². The van der Waals surface area contributed by atoms with Gasteiger partial charge in [-0.15, -0.1) is 0 Å². The van der Waals surface area contributed by atoms with E-state index in [1.165, 1.54) is 7.11 Å². The van der Waals surface area contributed by atoms with Gasteiger partial charge in [0.2, 0.25) is 0 Å². The van der Waals surface area contributed by atoms with Crippen LogP contribution >= 0.6 is 11.6 Å². The number of carbonyl (C=O) groups is 1. The van der Waals surface area contributed by atoms with E-state index < -0.39 is 12.1 Å². The van der Waals surface area contributed by atoms with Crippen LogP contribution < -0.4 is 5.01 Å². The number of methoxy groups -OCH3 is 1. The van der Waals surface area contributed by atoms with Crippen molar-refractivity contribution < 1.29 is 14.6 Å². The molecule has 0 fully saturated rings. The average molecular weight is 312 g/mol. The van der Waals surface area contributed by atoms with Gasteiger partial charge in [-0.2, -0.15) is 9.89 Å². The molecule has 6 nitrogen and oxygen atoms in total. The first-order chi connectivity index (χ1) is 10.0. The Morgan fingerprint density at radius 1 is 1.48 bits per heavy atom. The smallest absolute Gasteiger partial charge is 0.341 e. The summed E-state index contributed by atoms with van der Waals surface area (Å²) < 4.78 is 4.64. The van der Waals surface area contributed by atoms with Crippen molar-refractivity contribution in [1.82, 2.24) is 9.89 Å². The first kappa shape index (κ1) is 15.6. The van der Waals surface area contributed by atoms with E-state index in [0.717, 1.165) is 0 Å². The Labute approximate surface area is 127 Å². The molecule has 1 heterocycles. The molecule has 0 amide bonds. The number of esters is 1. The molecule has 1 aromatic heterocycles. The van der Waals surface area contributed by atoms with Gasteiger partial charge in [-0.05, 0) is 32.0 Å². The quantitative estimate of drug-likeness (QED) is 0.854. The number of carbonyl (C=O) groups excluding carboxylic acids is 1. The number of aliphatic hydroxyl groups excluding tert-OH is 1. The van der Waals surface area contributed by atoms with Crippen molar-refractivity contribution in [2.24, 2.45) is 0 Å². The van der Waals surface area contributed by atoms with Crippen LogP contribution in [0, 0.1) is 0 Å². The fourth-order valence-electron chi connectivity index (χ4n) is 2.25. The van der Waals surface area contributed by atoms with Crippen molar-refractivity contribution in [3.05, 3.63) is 28.9 Å². The molecular formula is C14H18ClN3O3. The number of hydrogen-bond donors (Lipinski definition) is 1. The van der Waals surface area contributed by atoms with Crippen molar-refractivity contribution in [2.45, 2.75) is 20.0 Å². The van der Waals surface area contributed by atoms with E-state index in [-0.39, 0.29) is 0 Å². The van der Waals surface area contributed by atoms with Crippen LogP contribution in [0.2, 0.25) is 5.02 Å². The summed E-state index contributed by atoms with van der Waals surface area (Å²) in [5, 5.41) is 17.8. The van der Waals surface area contributed by atoms with E-state index in [9.17, 15) is 9.90 Å². The standard InChI is InChI=1S/C14H18ClN3O3/c1-4-17(5-2)18-12(13(19)14(20)21-3)10-8-9(15)6-7-11(10)16-18/h6-8,13,19H,4-5H2,1-3H3. The summed E-state index contributed by atoms with van der Waals surface area (Å²) in [6.45, 7) is 5.30. The normalized spacial score (nSPS) is 12.4. The predicted octanol–water partition coefficient (Wildman–Crippen LogP) is 1.87. The molecule has 0 bridgehead atoms. The topological polar surface area (TPSA) is 67.6 Å². The van der Waals surface area contributed by atoms with Crippen LogP contribution in [0.15, 0.2) is 18.2 Å². The summed E-state index contributed by atoms with van der Waals surface area (Å²) in [7, 11) is 1.23. The van der Waals surface area contributed by atoms with Crippen molar-refractivity contribution in [3.63, 3.8) is 0 Å². The van der Waals surface area contributed by atoms with Crippen molar-refractivity contribution in [2.75, 3.05) is 25.2 Å². The number of ether oxygens (including phenoxy) is 1. The molecule has 7 heteroatoms. The van der Waals surface area contributed by atoms with Gasteiger partial charge in [0, 0.05) is 23.5 Å². The minimum atomic E-state index is -1.42. The van der Waals surface area contributed by atoms with E-state index in [1.807, 2.05) is 18.9 Å². The van der Waals surface area contributed by atoms with Crippen molar-refractivity contribution in [1.29, 1.82) is 0 Å². The maximum Gasteiger partial charge on any atom is 0.341 e. The molecule has 0 aliphatic heterocycles. The highest BCUT2D eigenvalue weighted by atomic mass is 35.5. The monoisotopic (exact) mass is 311 g/mol. The third-order valence-corrected chi connectivity index (χ3v) is 3.57. The second kappa shape index (κ2) is 6.32. The summed E-state index contributed by atoms with van der Waals surface area (Å²) >= 11 is 6.02. The van der Waals surface area contributed by atoms with Gasteiger partial charge in [0.1, 0.15) is 5.69 Å². The second-order valence-electron chi connectivity index (χ2n) is 4.50. The lowest BCUT2D eigenvalue weighted by Crippen LogP contribution is -2.37. The highest BCUT2D eigenvalue weighted by molar-refractivity contribution is 6.31. The molecule has 1 atom stereocenters. The molecule has 1 unspecified atom stereocenters. The SMILES string of the molecule is CCN(CC)n1nc2ccc(Cl)cc2c1C(O)C(=O)OC. The lowest BCUT2D eigenvalue weighted by Gasteiger charge is -2.24. The largest absolute Gasteiger partial charge is 0.467 e. The maximum absolute atomic E-state index is 11.7. The molecule has 1 N–H and O–H groups in total. The molecule has 114 valence electrons. The van der Waals surface area contributed by atoms with E-state index in [4.69, 9.17) is 11.6 Å². The number of rotatable bonds is 5. The van der Waals surface area contributed by atoms with Crippen LogP contribution in [0.5, 0.6) is 0 Å². The van der Waals surface area contributed by atoms with Gasteiger partial charge in [0.25, 0.3) is 0 Å². The van der Waals surface area contributed by atoms with Crippen LogP contribution in [0.25, 0.3) is 10.9 Å². The zero-order chi connectivity index (χ0) is 15.6. The molecule has 0 radical (unpaired) electrons. The van der Waals surface area contributed by atoms with Gasteiger partial charge in [-0.3, -0.25) is 5.01 Å². The van der Waals surface area contributed by atoms with E-state index in [0.29, 0.717) is 34.7 Å². The molecule has 1 aromatic carbocycles. The Balaban J connectivity index is 2.69. The average Bonchev–Trinajstić information content (AvgIpc) is 2.85. The van der Waals surface area contributed by atoms with Crippen molar-refractivity contribution >= 4 is 28.5 Å². The minimum absolute atomic E-state index is 0.364. The lowest BCUT2D eigenvalue weighted by molar-refractivity contribution is -0.151. The molecule has 0 spiro atoms. The Kier molecular flexibility index (Phi) is 4.69. The highest BCUT2D eigenvalue weighted by Crippen LogP contribution is 2.28. The number of aromatic nitrogens is 2. The molecule has 0 aliphatic rings. The molecule has 0 saturated heterocycles. The fraction of sp³-hybridized carbons (Fsp3) is 0.429. The third kappa shape index (κ3) is 2.82. The fourth-order valence-corrected chi connectivity index (χ4v) is 2.42. The Bertz CT molecular complexity index is 652. The maximum atomic E-state index is 11.7. The zero-order valence-corrected chi connectivity index (χ0v) is 13.0. The zero-order valence-electron chi connectivity index (χ0n) is 12.2. The second-order valence-corrected chi connectivity index (χ2v) is 4.94. The van der Waals surface area contributed by atoms with Crippen LogP contribution in [0.3, 0.4) is 0 Å². The number of halogens is 1.